The zero-order valence-electron chi connectivity index (χ0n) is 40.2. The second-order valence-corrected chi connectivity index (χ2v) is 19.9. The lowest BCUT2D eigenvalue weighted by molar-refractivity contribution is -0.870. The smallest absolute Gasteiger partial charge is 0.268 e. The highest BCUT2D eigenvalue weighted by molar-refractivity contribution is 7.45. The van der Waals surface area contributed by atoms with E-state index in [0.717, 1.165) is 38.5 Å². The summed E-state index contributed by atoms with van der Waals surface area (Å²) in [4.78, 5) is 25.4. The van der Waals surface area contributed by atoms with E-state index in [0.29, 0.717) is 17.4 Å². The summed E-state index contributed by atoms with van der Waals surface area (Å²) in [5, 5.41) is 13.8. The molecule has 0 aromatic carbocycles. The summed E-state index contributed by atoms with van der Waals surface area (Å²) >= 11 is 0. The van der Waals surface area contributed by atoms with Crippen LogP contribution in [0.3, 0.4) is 0 Å². The molecule has 0 radical (unpaired) electrons. The number of hydrogen-bond donors (Lipinski definition) is 2. The standard InChI is InChI=1S/C51H99N2O6P/c1-6-8-10-12-14-16-18-20-22-24-25-26-27-29-31-33-35-37-39-41-43-45-51(55)52-49(48-59-60(56,57)58-47-46-53(3,4)5)50(54)44-42-40-38-36-34-32-30-28-23-21-19-17-15-13-11-9-7-2/h20,22,34,36,42,44,49-50,54H,6-19,21,23-33,35,37-41,43,45-48H2,1-5H3,(H-,52,55,56,57)/b22-20+,36-34+,44-42+/t49-,50+/m0/s1. The second-order valence-electron chi connectivity index (χ2n) is 18.5. The molecule has 0 heterocycles. The molecule has 1 amide bonds. The predicted octanol–water partition coefficient (Wildman–Crippen LogP) is 14.0. The van der Waals surface area contributed by atoms with Gasteiger partial charge in [-0.2, -0.15) is 0 Å². The molecule has 2 N–H and O–H groups in total. The van der Waals surface area contributed by atoms with Crippen molar-refractivity contribution in [1.82, 2.24) is 5.32 Å². The monoisotopic (exact) mass is 867 g/mol. The summed E-state index contributed by atoms with van der Waals surface area (Å²) in [5.74, 6) is -0.207. The first-order valence-electron chi connectivity index (χ1n) is 25.4. The van der Waals surface area contributed by atoms with Gasteiger partial charge in [-0.25, -0.2) is 0 Å². The highest BCUT2D eigenvalue weighted by Crippen LogP contribution is 2.38. The van der Waals surface area contributed by atoms with Crippen molar-refractivity contribution in [3.8, 4) is 0 Å². The van der Waals surface area contributed by atoms with Crippen LogP contribution in [0.25, 0.3) is 0 Å². The summed E-state index contributed by atoms with van der Waals surface area (Å²) in [5.41, 5.74) is 0. The number of allylic oxidation sites excluding steroid dienone is 5. The van der Waals surface area contributed by atoms with E-state index in [9.17, 15) is 19.4 Å². The van der Waals surface area contributed by atoms with Gasteiger partial charge < -0.3 is 28.8 Å². The Morgan fingerprint density at radius 1 is 0.567 bits per heavy atom. The number of aliphatic hydroxyl groups excluding tert-OH is 1. The topological polar surface area (TPSA) is 108 Å². The molecule has 60 heavy (non-hydrogen) atoms. The molecule has 0 fully saturated rings. The lowest BCUT2D eigenvalue weighted by Crippen LogP contribution is -2.45. The van der Waals surface area contributed by atoms with E-state index in [2.05, 4.69) is 43.5 Å². The number of unbranched alkanes of at least 4 members (excludes halogenated alkanes) is 29. The second kappa shape index (κ2) is 43.0. The van der Waals surface area contributed by atoms with Crippen molar-refractivity contribution in [1.29, 1.82) is 0 Å². The maximum atomic E-state index is 12.9. The largest absolute Gasteiger partial charge is 0.756 e. The van der Waals surface area contributed by atoms with Crippen LogP contribution in [-0.2, 0) is 18.4 Å². The quantitative estimate of drug-likeness (QED) is 0.0273. The predicted molar refractivity (Wildman–Crippen MR) is 256 cm³/mol. The first-order chi connectivity index (χ1) is 29.0. The number of nitrogens with one attached hydrogen (secondary N) is 1. The third-order valence-electron chi connectivity index (χ3n) is 11.3. The van der Waals surface area contributed by atoms with Crippen LogP contribution in [0.2, 0.25) is 0 Å². The summed E-state index contributed by atoms with van der Waals surface area (Å²) in [6, 6.07) is -0.902. The molecule has 0 aliphatic carbocycles. The van der Waals surface area contributed by atoms with E-state index in [4.69, 9.17) is 9.05 Å². The Morgan fingerprint density at radius 2 is 0.933 bits per heavy atom. The lowest BCUT2D eigenvalue weighted by Gasteiger charge is -2.29. The fourth-order valence-electron chi connectivity index (χ4n) is 7.28. The number of rotatable bonds is 46. The summed E-state index contributed by atoms with van der Waals surface area (Å²) < 4.78 is 23.3. The molecule has 9 heteroatoms. The molecule has 0 aromatic rings. The third-order valence-corrected chi connectivity index (χ3v) is 12.3. The van der Waals surface area contributed by atoms with Gasteiger partial charge in [0.2, 0.25) is 5.91 Å². The average molecular weight is 867 g/mol. The molecule has 0 saturated heterocycles. The maximum absolute atomic E-state index is 12.9. The molecule has 3 atom stereocenters. The Morgan fingerprint density at radius 3 is 1.35 bits per heavy atom. The van der Waals surface area contributed by atoms with Crippen LogP contribution in [0.5, 0.6) is 0 Å². The lowest BCUT2D eigenvalue weighted by atomic mass is 10.0. The SMILES string of the molecule is CCCCCCCC/C=C/CCCCCCCCCCCCCC(=O)N[C@@H](COP(=O)([O-])OCC[N+](C)(C)C)[C@H](O)/C=C/CC/C=C/CCCCCCCCCCCCC. The zero-order chi connectivity index (χ0) is 44.3. The molecule has 0 aliphatic rings. The molecule has 0 saturated carbocycles. The van der Waals surface area contributed by atoms with E-state index in [1.54, 1.807) is 6.08 Å². The number of phosphoric ester groups is 1. The van der Waals surface area contributed by atoms with Gasteiger partial charge in [-0.05, 0) is 57.8 Å². The van der Waals surface area contributed by atoms with Crippen LogP contribution in [0.15, 0.2) is 36.5 Å². The van der Waals surface area contributed by atoms with E-state index < -0.39 is 26.6 Å². The third kappa shape index (κ3) is 44.8. The first-order valence-corrected chi connectivity index (χ1v) is 26.8. The van der Waals surface area contributed by atoms with Gasteiger partial charge in [0.1, 0.15) is 13.2 Å². The van der Waals surface area contributed by atoms with Crippen LogP contribution in [0.1, 0.15) is 232 Å². The average Bonchev–Trinajstić information content (AvgIpc) is 3.20. The number of likely N-dealkylation sites (N-methyl/N-ethyl adjacent to an activating group) is 1. The Balaban J connectivity index is 4.34. The van der Waals surface area contributed by atoms with Gasteiger partial charge in [0.15, 0.2) is 0 Å². The number of carbonyl (C=O) groups excluding carboxylic acids is 1. The molecular weight excluding hydrogens is 768 g/mol. The number of amides is 1. The van der Waals surface area contributed by atoms with Gasteiger partial charge >= 0.3 is 0 Å². The van der Waals surface area contributed by atoms with Gasteiger partial charge in [0.05, 0.1) is 39.9 Å². The van der Waals surface area contributed by atoms with E-state index >= 15 is 0 Å². The fraction of sp³-hybridized carbons (Fsp3) is 0.863. The van der Waals surface area contributed by atoms with Crippen LogP contribution in [-0.4, -0.2) is 68.5 Å². The van der Waals surface area contributed by atoms with E-state index in [1.165, 1.54) is 173 Å². The summed E-state index contributed by atoms with van der Waals surface area (Å²) in [7, 11) is 1.25. The minimum Gasteiger partial charge on any atom is -0.756 e. The van der Waals surface area contributed by atoms with E-state index in [1.807, 2.05) is 27.2 Å². The number of carbonyl (C=O) groups is 1. The van der Waals surface area contributed by atoms with Crippen LogP contribution >= 0.6 is 7.82 Å². The zero-order valence-corrected chi connectivity index (χ0v) is 41.1. The minimum absolute atomic E-state index is 0.00594. The molecule has 0 aliphatic heterocycles. The van der Waals surface area contributed by atoms with Gasteiger partial charge in [0.25, 0.3) is 7.82 Å². The molecular formula is C51H99N2O6P. The van der Waals surface area contributed by atoms with Crippen molar-refractivity contribution in [3.63, 3.8) is 0 Å². The van der Waals surface area contributed by atoms with E-state index in [-0.39, 0.29) is 12.5 Å². The Labute approximate surface area is 372 Å². The summed E-state index contributed by atoms with van der Waals surface area (Å²) in [6.07, 6.45) is 53.4. The first kappa shape index (κ1) is 58.7. The van der Waals surface area contributed by atoms with Gasteiger partial charge in [-0.15, -0.1) is 0 Å². The highest BCUT2D eigenvalue weighted by Gasteiger charge is 2.23. The number of aliphatic hydroxyl groups is 1. The minimum atomic E-state index is -4.60. The molecule has 1 unspecified atom stereocenters. The molecule has 0 bridgehead atoms. The Hall–Kier alpha value is -1.28. The van der Waals surface area contributed by atoms with Crippen molar-refractivity contribution in [2.24, 2.45) is 0 Å². The van der Waals surface area contributed by atoms with Crippen molar-refractivity contribution < 1.29 is 32.9 Å². The van der Waals surface area contributed by atoms with Crippen molar-refractivity contribution in [2.75, 3.05) is 40.9 Å². The fourth-order valence-corrected chi connectivity index (χ4v) is 8.00. The highest BCUT2D eigenvalue weighted by atomic mass is 31.2. The Bertz CT molecular complexity index is 1070. The van der Waals surface area contributed by atoms with Gasteiger partial charge in [-0.3, -0.25) is 9.36 Å². The Kier molecular flexibility index (Phi) is 42.1. The number of nitrogens with zero attached hydrogens (tertiary/aromatic N) is 1. The molecule has 8 nitrogen and oxygen atoms in total. The molecule has 0 aromatic heterocycles. The van der Waals surface area contributed by atoms with Crippen LogP contribution in [0, 0.1) is 0 Å². The number of phosphoric acid groups is 1. The normalized spacial score (nSPS) is 14.4. The molecule has 0 spiro atoms. The summed E-state index contributed by atoms with van der Waals surface area (Å²) in [6.45, 7) is 4.64. The van der Waals surface area contributed by atoms with Gasteiger partial charge in [0, 0.05) is 6.42 Å². The van der Waals surface area contributed by atoms with Crippen LogP contribution < -0.4 is 10.2 Å². The number of hydrogen-bond acceptors (Lipinski definition) is 6. The van der Waals surface area contributed by atoms with Crippen molar-refractivity contribution in [3.05, 3.63) is 36.5 Å². The van der Waals surface area contributed by atoms with Crippen molar-refractivity contribution in [2.45, 2.75) is 244 Å². The van der Waals surface area contributed by atoms with Crippen LogP contribution in [0.4, 0.5) is 0 Å². The van der Waals surface area contributed by atoms with Gasteiger partial charge in [-0.1, -0.05) is 204 Å². The number of quaternary nitrogens is 1. The molecule has 354 valence electrons. The van der Waals surface area contributed by atoms with Crippen molar-refractivity contribution >= 4 is 13.7 Å². The maximum Gasteiger partial charge on any atom is 0.268 e. The molecule has 0 rings (SSSR count).